The van der Waals surface area contributed by atoms with E-state index in [0.29, 0.717) is 27.2 Å². The number of aliphatic hydroxyl groups is 1. The molecule has 3 aromatic rings. The standard InChI is InChI=1S/C30H36F3N5O3S/c1-28(2,3)41-27(39)38-16-13-29(40,14-17-38)25-37-23(19-8-7-9-20(18-19)30(31,32)33)24(42-25)22-12-15-34-26(36-22)35-21-10-5-4-6-11-21/h7-9,12,15,18,21,40H,4-6,10-11,13-14,16-17H2,1-3H3,(H,34,35,36). The summed E-state index contributed by atoms with van der Waals surface area (Å²) in [5, 5.41) is 15.5. The quantitative estimate of drug-likeness (QED) is 0.317. The fourth-order valence-corrected chi connectivity index (χ4v) is 6.52. The highest BCUT2D eigenvalue weighted by molar-refractivity contribution is 7.15. The number of rotatable bonds is 5. The molecule has 0 spiro atoms. The van der Waals surface area contributed by atoms with Crippen LogP contribution in [-0.2, 0) is 16.5 Å². The number of nitrogens with one attached hydrogen (secondary N) is 1. The topological polar surface area (TPSA) is 100 Å². The van der Waals surface area contributed by atoms with Crippen LogP contribution in [0.1, 0.15) is 76.3 Å². The highest BCUT2D eigenvalue weighted by Gasteiger charge is 2.40. The van der Waals surface area contributed by atoms with Crippen LogP contribution >= 0.6 is 11.3 Å². The molecule has 42 heavy (non-hydrogen) atoms. The van der Waals surface area contributed by atoms with Crippen LogP contribution in [0.15, 0.2) is 36.5 Å². The van der Waals surface area contributed by atoms with Crippen LogP contribution in [0.4, 0.5) is 23.9 Å². The van der Waals surface area contributed by atoms with Crippen molar-refractivity contribution in [3.05, 3.63) is 47.1 Å². The highest BCUT2D eigenvalue weighted by atomic mass is 32.1. The lowest BCUT2D eigenvalue weighted by Gasteiger charge is -2.37. The van der Waals surface area contributed by atoms with Gasteiger partial charge in [0, 0.05) is 43.7 Å². The number of hydrogen-bond donors (Lipinski definition) is 2. The van der Waals surface area contributed by atoms with Gasteiger partial charge in [0.05, 0.1) is 21.8 Å². The highest BCUT2D eigenvalue weighted by Crippen LogP contribution is 2.44. The molecule has 1 saturated heterocycles. The van der Waals surface area contributed by atoms with E-state index in [-0.39, 0.29) is 37.5 Å². The summed E-state index contributed by atoms with van der Waals surface area (Å²) >= 11 is 1.21. The van der Waals surface area contributed by atoms with E-state index in [0.717, 1.165) is 37.8 Å². The maximum Gasteiger partial charge on any atom is 0.416 e. The average molecular weight is 604 g/mol. The average Bonchev–Trinajstić information content (AvgIpc) is 3.40. The number of carbonyl (C=O) groups excluding carboxylic acids is 1. The summed E-state index contributed by atoms with van der Waals surface area (Å²) in [5.74, 6) is 0.453. The largest absolute Gasteiger partial charge is 0.444 e. The van der Waals surface area contributed by atoms with Crippen LogP contribution < -0.4 is 5.32 Å². The minimum absolute atomic E-state index is 0.208. The van der Waals surface area contributed by atoms with E-state index in [1.807, 2.05) is 0 Å². The zero-order chi connectivity index (χ0) is 30.1. The predicted molar refractivity (Wildman–Crippen MR) is 155 cm³/mol. The number of halogens is 3. The van der Waals surface area contributed by atoms with Gasteiger partial charge in [-0.2, -0.15) is 13.2 Å². The monoisotopic (exact) mass is 603 g/mol. The minimum atomic E-state index is -4.52. The van der Waals surface area contributed by atoms with Gasteiger partial charge in [0.25, 0.3) is 0 Å². The number of likely N-dealkylation sites (tertiary alicyclic amines) is 1. The molecule has 1 saturated carbocycles. The van der Waals surface area contributed by atoms with E-state index >= 15 is 0 Å². The van der Waals surface area contributed by atoms with Crippen molar-refractivity contribution in [1.82, 2.24) is 19.9 Å². The van der Waals surface area contributed by atoms with Gasteiger partial charge >= 0.3 is 12.3 Å². The first-order valence-electron chi connectivity index (χ1n) is 14.3. The summed E-state index contributed by atoms with van der Waals surface area (Å²) < 4.78 is 46.3. The second kappa shape index (κ2) is 11.8. The molecular weight excluding hydrogens is 567 g/mol. The summed E-state index contributed by atoms with van der Waals surface area (Å²) in [6.45, 7) is 5.88. The van der Waals surface area contributed by atoms with Gasteiger partial charge in [-0.05, 0) is 51.8 Å². The lowest BCUT2D eigenvalue weighted by Crippen LogP contribution is -2.46. The van der Waals surface area contributed by atoms with Gasteiger partial charge in [-0.25, -0.2) is 19.7 Å². The molecule has 226 valence electrons. The molecule has 2 aromatic heterocycles. The molecule has 1 aliphatic heterocycles. The Bertz CT molecular complexity index is 1410. The number of amides is 1. The Labute approximate surface area is 247 Å². The normalized spacial score (nSPS) is 18.1. The molecule has 5 rings (SSSR count). The van der Waals surface area contributed by atoms with Crippen LogP contribution in [-0.4, -0.2) is 55.8 Å². The van der Waals surface area contributed by atoms with E-state index in [1.165, 1.54) is 23.8 Å². The van der Waals surface area contributed by atoms with E-state index in [4.69, 9.17) is 14.7 Å². The zero-order valence-corrected chi connectivity index (χ0v) is 24.8. The van der Waals surface area contributed by atoms with Crippen molar-refractivity contribution in [2.24, 2.45) is 0 Å². The third kappa shape index (κ3) is 7.03. The van der Waals surface area contributed by atoms with Crippen molar-refractivity contribution in [3.63, 3.8) is 0 Å². The Balaban J connectivity index is 1.48. The fourth-order valence-electron chi connectivity index (χ4n) is 5.32. The lowest BCUT2D eigenvalue weighted by atomic mass is 9.92. The summed E-state index contributed by atoms with van der Waals surface area (Å²) in [6, 6.07) is 6.99. The molecule has 0 radical (unpaired) electrons. The Morgan fingerprint density at radius 1 is 1.10 bits per heavy atom. The van der Waals surface area contributed by atoms with Crippen LogP contribution in [0.25, 0.3) is 21.8 Å². The van der Waals surface area contributed by atoms with Crippen molar-refractivity contribution in [1.29, 1.82) is 0 Å². The van der Waals surface area contributed by atoms with Crippen LogP contribution in [0, 0.1) is 0 Å². The Morgan fingerprint density at radius 2 is 1.81 bits per heavy atom. The van der Waals surface area contributed by atoms with Crippen LogP contribution in [0.2, 0.25) is 0 Å². The van der Waals surface area contributed by atoms with Crippen molar-refractivity contribution in [2.75, 3.05) is 18.4 Å². The smallest absolute Gasteiger partial charge is 0.416 e. The van der Waals surface area contributed by atoms with Gasteiger partial charge in [0.2, 0.25) is 5.95 Å². The minimum Gasteiger partial charge on any atom is -0.444 e. The van der Waals surface area contributed by atoms with E-state index in [1.54, 1.807) is 44.0 Å². The molecule has 1 aromatic carbocycles. The number of nitrogens with zero attached hydrogens (tertiary/aromatic N) is 4. The molecule has 8 nitrogen and oxygen atoms in total. The van der Waals surface area contributed by atoms with Crippen LogP contribution in [0.3, 0.4) is 0 Å². The lowest BCUT2D eigenvalue weighted by molar-refractivity contribution is -0.137. The SMILES string of the molecule is CC(C)(C)OC(=O)N1CCC(O)(c2nc(-c3cccc(C(F)(F)F)c3)c(-c3ccnc(NC4CCCCC4)n3)s2)CC1. The molecule has 3 heterocycles. The molecule has 2 fully saturated rings. The van der Waals surface area contributed by atoms with Gasteiger partial charge in [0.15, 0.2) is 0 Å². The molecule has 0 unspecified atom stereocenters. The molecule has 2 N–H and O–H groups in total. The van der Waals surface area contributed by atoms with Gasteiger partial charge in [-0.3, -0.25) is 0 Å². The van der Waals surface area contributed by atoms with Gasteiger partial charge < -0.3 is 20.1 Å². The van der Waals surface area contributed by atoms with Gasteiger partial charge in [-0.1, -0.05) is 31.4 Å². The summed E-state index contributed by atoms with van der Waals surface area (Å²) in [6.07, 6.45) is 2.61. The second-order valence-electron chi connectivity index (χ2n) is 12.0. The van der Waals surface area contributed by atoms with E-state index < -0.39 is 29.0 Å². The first kappa shape index (κ1) is 30.2. The number of ether oxygens (including phenoxy) is 1. The second-order valence-corrected chi connectivity index (χ2v) is 13.0. The van der Waals surface area contributed by atoms with E-state index in [9.17, 15) is 23.1 Å². The molecule has 1 amide bonds. The maximum absolute atomic E-state index is 13.6. The third-order valence-electron chi connectivity index (χ3n) is 7.56. The van der Waals surface area contributed by atoms with Crippen LogP contribution in [0.5, 0.6) is 0 Å². The summed E-state index contributed by atoms with van der Waals surface area (Å²) in [5.41, 5.74) is -1.70. The van der Waals surface area contributed by atoms with Crippen molar-refractivity contribution < 1.29 is 27.8 Å². The number of aromatic nitrogens is 3. The van der Waals surface area contributed by atoms with Crippen molar-refractivity contribution >= 4 is 23.4 Å². The molecule has 2 aliphatic rings. The number of carbonyl (C=O) groups is 1. The molecule has 0 bridgehead atoms. The predicted octanol–water partition coefficient (Wildman–Crippen LogP) is 7.25. The third-order valence-corrected chi connectivity index (χ3v) is 8.83. The fraction of sp³-hybridized carbons (Fsp3) is 0.533. The van der Waals surface area contributed by atoms with E-state index in [2.05, 4.69) is 10.3 Å². The first-order chi connectivity index (χ1) is 19.8. The van der Waals surface area contributed by atoms with Gasteiger partial charge in [0.1, 0.15) is 16.2 Å². The molecule has 12 heteroatoms. The Hall–Kier alpha value is -3.25. The number of anilines is 1. The summed E-state index contributed by atoms with van der Waals surface area (Å²) in [4.78, 5) is 28.5. The Morgan fingerprint density at radius 3 is 2.48 bits per heavy atom. The number of thiazole rings is 1. The van der Waals surface area contributed by atoms with Crippen molar-refractivity contribution in [2.45, 2.75) is 89.1 Å². The molecular formula is C30H36F3N5O3S. The number of hydrogen-bond acceptors (Lipinski definition) is 8. The maximum atomic E-state index is 13.6. The number of piperidine rings is 1. The number of benzene rings is 1. The zero-order valence-electron chi connectivity index (χ0n) is 24.0. The summed E-state index contributed by atoms with van der Waals surface area (Å²) in [7, 11) is 0. The molecule has 1 aliphatic carbocycles. The van der Waals surface area contributed by atoms with Gasteiger partial charge in [-0.15, -0.1) is 11.3 Å². The van der Waals surface area contributed by atoms with Crippen molar-refractivity contribution in [3.8, 4) is 21.8 Å². The first-order valence-corrected chi connectivity index (χ1v) is 15.1. The Kier molecular flexibility index (Phi) is 8.48. The molecule has 0 atom stereocenters. The number of alkyl halides is 3.